The van der Waals surface area contributed by atoms with Crippen molar-refractivity contribution in [1.29, 1.82) is 0 Å². The van der Waals surface area contributed by atoms with Crippen molar-refractivity contribution in [2.75, 3.05) is 25.1 Å². The van der Waals surface area contributed by atoms with Gasteiger partial charge in [-0.05, 0) is 42.8 Å². The summed E-state index contributed by atoms with van der Waals surface area (Å²) in [6.07, 6.45) is 1.35. The topological polar surface area (TPSA) is 15.3 Å². The zero-order chi connectivity index (χ0) is 14.4. The molecule has 1 aromatic rings. The molecule has 0 amide bonds. The maximum atomic E-state index is 3.49. The van der Waals surface area contributed by atoms with Gasteiger partial charge in [0.05, 0.1) is 0 Å². The van der Waals surface area contributed by atoms with Crippen LogP contribution in [0.3, 0.4) is 0 Å². The van der Waals surface area contributed by atoms with Crippen LogP contribution in [0.4, 0.5) is 0 Å². The number of nitrogens with one attached hydrogen (secondary N) is 1. The van der Waals surface area contributed by atoms with Gasteiger partial charge in [0, 0.05) is 24.9 Å². The number of thioether (sulfide) groups is 1. The van der Waals surface area contributed by atoms with Gasteiger partial charge in [-0.2, -0.15) is 11.8 Å². The fourth-order valence-electron chi connectivity index (χ4n) is 2.55. The van der Waals surface area contributed by atoms with E-state index < -0.39 is 0 Å². The highest BCUT2D eigenvalue weighted by atomic mass is 32.2. The number of nitrogens with zero attached hydrogens (tertiary/aromatic N) is 1. The van der Waals surface area contributed by atoms with Gasteiger partial charge in [0.2, 0.25) is 0 Å². The molecule has 0 saturated carbocycles. The highest BCUT2D eigenvalue weighted by Crippen LogP contribution is 2.22. The van der Waals surface area contributed by atoms with Crippen molar-refractivity contribution in [3.8, 4) is 0 Å². The third kappa shape index (κ3) is 5.12. The van der Waals surface area contributed by atoms with E-state index in [4.69, 9.17) is 0 Å². The average molecular weight is 292 g/mol. The second-order valence-electron chi connectivity index (χ2n) is 6.27. The van der Waals surface area contributed by atoms with E-state index >= 15 is 0 Å². The monoisotopic (exact) mass is 292 g/mol. The van der Waals surface area contributed by atoms with Crippen molar-refractivity contribution in [3.63, 3.8) is 0 Å². The Morgan fingerprint density at radius 2 is 1.95 bits per heavy atom. The molecule has 3 heteroatoms. The standard InChI is InChI=1S/C17H28N2S/c1-14(2)10-18-11-15-4-6-16(7-5-15)12-19(3)17-8-9-20-13-17/h4-7,14,17-18H,8-13H2,1-3H3. The molecule has 0 aromatic heterocycles. The zero-order valence-electron chi connectivity index (χ0n) is 13.1. The molecule has 1 fully saturated rings. The van der Waals surface area contributed by atoms with Gasteiger partial charge in [-0.25, -0.2) is 0 Å². The Bertz CT molecular complexity index is 382. The van der Waals surface area contributed by atoms with E-state index in [-0.39, 0.29) is 0 Å². The van der Waals surface area contributed by atoms with Crippen LogP contribution in [0.25, 0.3) is 0 Å². The molecule has 1 heterocycles. The summed E-state index contributed by atoms with van der Waals surface area (Å²) in [5.74, 6) is 3.34. The first-order valence-electron chi connectivity index (χ1n) is 7.71. The lowest BCUT2D eigenvalue weighted by Gasteiger charge is -2.23. The number of hydrogen-bond acceptors (Lipinski definition) is 3. The van der Waals surface area contributed by atoms with E-state index in [0.29, 0.717) is 5.92 Å². The van der Waals surface area contributed by atoms with Crippen LogP contribution >= 0.6 is 11.8 Å². The third-order valence-electron chi connectivity index (χ3n) is 3.87. The van der Waals surface area contributed by atoms with Gasteiger partial charge in [-0.1, -0.05) is 38.1 Å². The van der Waals surface area contributed by atoms with E-state index in [9.17, 15) is 0 Å². The van der Waals surface area contributed by atoms with Gasteiger partial charge < -0.3 is 5.32 Å². The highest BCUT2D eigenvalue weighted by molar-refractivity contribution is 7.99. The molecule has 112 valence electrons. The van der Waals surface area contributed by atoms with Gasteiger partial charge in [0.25, 0.3) is 0 Å². The molecule has 2 nitrogen and oxygen atoms in total. The predicted molar refractivity (Wildman–Crippen MR) is 90.2 cm³/mol. The molecule has 0 spiro atoms. The summed E-state index contributed by atoms with van der Waals surface area (Å²) in [5, 5.41) is 3.49. The molecule has 1 aliphatic heterocycles. The first-order chi connectivity index (χ1) is 9.65. The second kappa shape index (κ2) is 8.06. The minimum absolute atomic E-state index is 0.715. The van der Waals surface area contributed by atoms with Crippen molar-refractivity contribution in [2.24, 2.45) is 5.92 Å². The van der Waals surface area contributed by atoms with Gasteiger partial charge in [0.1, 0.15) is 0 Å². The largest absolute Gasteiger partial charge is 0.312 e. The Hall–Kier alpha value is -0.510. The number of rotatable bonds is 7. The highest BCUT2D eigenvalue weighted by Gasteiger charge is 2.19. The molecule has 1 saturated heterocycles. The van der Waals surface area contributed by atoms with Crippen LogP contribution in [0.5, 0.6) is 0 Å². The van der Waals surface area contributed by atoms with Gasteiger partial charge in [-0.3, -0.25) is 4.90 Å². The first-order valence-corrected chi connectivity index (χ1v) is 8.87. The van der Waals surface area contributed by atoms with Gasteiger partial charge in [0.15, 0.2) is 0 Å². The molecule has 2 rings (SSSR count). The van der Waals surface area contributed by atoms with Gasteiger partial charge in [-0.15, -0.1) is 0 Å². The molecular formula is C17H28N2S. The number of benzene rings is 1. The SMILES string of the molecule is CC(C)CNCc1ccc(CN(C)C2CCSC2)cc1. The minimum Gasteiger partial charge on any atom is -0.312 e. The lowest BCUT2D eigenvalue weighted by molar-refractivity contribution is 0.254. The van der Waals surface area contributed by atoms with E-state index in [0.717, 1.165) is 25.7 Å². The quantitative estimate of drug-likeness (QED) is 0.829. The first kappa shape index (κ1) is 15.9. The van der Waals surface area contributed by atoms with E-state index in [1.165, 1.54) is 29.1 Å². The summed E-state index contributed by atoms with van der Waals surface area (Å²) in [5.41, 5.74) is 2.81. The van der Waals surface area contributed by atoms with Crippen molar-refractivity contribution in [3.05, 3.63) is 35.4 Å². The molecule has 1 aromatic carbocycles. The van der Waals surface area contributed by atoms with Crippen LogP contribution in [0.2, 0.25) is 0 Å². The summed E-state index contributed by atoms with van der Waals surface area (Å²) < 4.78 is 0. The fourth-order valence-corrected chi connectivity index (χ4v) is 3.85. The van der Waals surface area contributed by atoms with Crippen LogP contribution < -0.4 is 5.32 Å². The van der Waals surface area contributed by atoms with Crippen LogP contribution in [0.15, 0.2) is 24.3 Å². The third-order valence-corrected chi connectivity index (χ3v) is 5.01. The summed E-state index contributed by atoms with van der Waals surface area (Å²) in [4.78, 5) is 2.51. The maximum absolute atomic E-state index is 3.49. The average Bonchev–Trinajstić information content (AvgIpc) is 2.94. The van der Waals surface area contributed by atoms with Crippen molar-refractivity contribution in [2.45, 2.75) is 39.4 Å². The van der Waals surface area contributed by atoms with Crippen molar-refractivity contribution >= 4 is 11.8 Å². The zero-order valence-corrected chi connectivity index (χ0v) is 13.9. The van der Waals surface area contributed by atoms with E-state index in [1.54, 1.807) is 0 Å². The van der Waals surface area contributed by atoms with Crippen LogP contribution in [-0.4, -0.2) is 36.0 Å². The molecule has 1 N–H and O–H groups in total. The Balaban J connectivity index is 1.78. The fraction of sp³-hybridized carbons (Fsp3) is 0.647. The van der Waals surface area contributed by atoms with Crippen LogP contribution in [0.1, 0.15) is 31.4 Å². The summed E-state index contributed by atoms with van der Waals surface area (Å²) in [7, 11) is 2.26. The molecule has 1 atom stereocenters. The normalized spacial score (nSPS) is 19.1. The Kier molecular flexibility index (Phi) is 6.40. The molecular weight excluding hydrogens is 264 g/mol. The Morgan fingerprint density at radius 1 is 1.25 bits per heavy atom. The molecule has 1 aliphatic rings. The maximum Gasteiger partial charge on any atom is 0.0233 e. The Morgan fingerprint density at radius 3 is 2.55 bits per heavy atom. The van der Waals surface area contributed by atoms with E-state index in [1.807, 2.05) is 0 Å². The summed E-state index contributed by atoms with van der Waals surface area (Å²) >= 11 is 2.08. The predicted octanol–water partition coefficient (Wildman–Crippen LogP) is 3.37. The van der Waals surface area contributed by atoms with Crippen LogP contribution in [-0.2, 0) is 13.1 Å². The summed E-state index contributed by atoms with van der Waals surface area (Å²) in [6.45, 7) is 7.63. The molecule has 0 radical (unpaired) electrons. The van der Waals surface area contributed by atoms with E-state index in [2.05, 4.69) is 67.1 Å². The molecule has 0 bridgehead atoms. The summed E-state index contributed by atoms with van der Waals surface area (Å²) in [6, 6.07) is 9.86. The lowest BCUT2D eigenvalue weighted by Crippen LogP contribution is -2.30. The number of hydrogen-bond donors (Lipinski definition) is 1. The molecule has 0 aliphatic carbocycles. The van der Waals surface area contributed by atoms with Crippen molar-refractivity contribution < 1.29 is 0 Å². The molecule has 20 heavy (non-hydrogen) atoms. The van der Waals surface area contributed by atoms with Crippen molar-refractivity contribution in [1.82, 2.24) is 10.2 Å². The van der Waals surface area contributed by atoms with Gasteiger partial charge >= 0.3 is 0 Å². The second-order valence-corrected chi connectivity index (χ2v) is 7.42. The Labute approximate surface area is 128 Å². The molecule has 1 unspecified atom stereocenters. The smallest absolute Gasteiger partial charge is 0.0233 e. The van der Waals surface area contributed by atoms with Crippen LogP contribution in [0, 0.1) is 5.92 Å². The minimum atomic E-state index is 0.715. The lowest BCUT2D eigenvalue weighted by atomic mass is 10.1.